The van der Waals surface area contributed by atoms with Gasteiger partial charge in [0.1, 0.15) is 0 Å². The minimum atomic E-state index is 0.172. The van der Waals surface area contributed by atoms with Crippen molar-refractivity contribution in [2.45, 2.75) is 26.4 Å². The zero-order valence-corrected chi connectivity index (χ0v) is 10.1. The third-order valence-corrected chi connectivity index (χ3v) is 3.02. The monoisotopic (exact) mass is 212 g/mol. The summed E-state index contributed by atoms with van der Waals surface area (Å²) in [5.41, 5.74) is 7.31. The number of hydrogen-bond donors (Lipinski definition) is 1. The molecule has 2 nitrogen and oxygen atoms in total. The van der Waals surface area contributed by atoms with Crippen LogP contribution in [0.25, 0.3) is 0 Å². The molecule has 80 valence electrons. The first-order chi connectivity index (χ1) is 6.65. The van der Waals surface area contributed by atoms with Crippen molar-refractivity contribution in [1.29, 1.82) is 0 Å². The summed E-state index contributed by atoms with van der Waals surface area (Å²) in [5.74, 6) is 1.66. The smallest absolute Gasteiger partial charge is 0.0333 e. The van der Waals surface area contributed by atoms with Crippen LogP contribution in [0.2, 0.25) is 0 Å². The van der Waals surface area contributed by atoms with E-state index in [1.165, 1.54) is 5.56 Å². The van der Waals surface area contributed by atoms with Crippen LogP contribution < -0.4 is 5.73 Å². The van der Waals surface area contributed by atoms with Gasteiger partial charge in [-0.3, -0.25) is 0 Å². The van der Waals surface area contributed by atoms with E-state index >= 15 is 0 Å². The SMILES string of the molecule is CSCCn1ccc(C(N)C(C)C)c1. The number of nitrogens with two attached hydrogens (primary N) is 1. The molecule has 0 fully saturated rings. The molecule has 2 N–H and O–H groups in total. The Hall–Kier alpha value is -0.410. The summed E-state index contributed by atoms with van der Waals surface area (Å²) in [6, 6.07) is 2.30. The molecule has 0 radical (unpaired) electrons. The lowest BCUT2D eigenvalue weighted by atomic mass is 10.00. The van der Waals surface area contributed by atoms with Gasteiger partial charge in [-0.25, -0.2) is 0 Å². The average molecular weight is 212 g/mol. The molecule has 14 heavy (non-hydrogen) atoms. The van der Waals surface area contributed by atoms with Gasteiger partial charge in [0.25, 0.3) is 0 Å². The van der Waals surface area contributed by atoms with Gasteiger partial charge in [0.15, 0.2) is 0 Å². The van der Waals surface area contributed by atoms with Gasteiger partial charge >= 0.3 is 0 Å². The lowest BCUT2D eigenvalue weighted by molar-refractivity contribution is 0.513. The van der Waals surface area contributed by atoms with Gasteiger partial charge in [-0.05, 0) is 23.8 Å². The summed E-state index contributed by atoms with van der Waals surface area (Å²) in [7, 11) is 0. The van der Waals surface area contributed by atoms with Gasteiger partial charge in [-0.1, -0.05) is 13.8 Å². The largest absolute Gasteiger partial charge is 0.353 e. The van der Waals surface area contributed by atoms with Crippen molar-refractivity contribution in [1.82, 2.24) is 4.57 Å². The molecular weight excluding hydrogens is 192 g/mol. The predicted molar refractivity (Wildman–Crippen MR) is 64.6 cm³/mol. The highest BCUT2D eigenvalue weighted by Gasteiger charge is 2.10. The second kappa shape index (κ2) is 5.47. The summed E-state index contributed by atoms with van der Waals surface area (Å²) in [6.07, 6.45) is 6.42. The van der Waals surface area contributed by atoms with E-state index in [2.05, 4.69) is 43.1 Å². The van der Waals surface area contributed by atoms with Crippen LogP contribution in [-0.2, 0) is 6.54 Å². The third kappa shape index (κ3) is 3.07. The standard InChI is InChI=1S/C11H20N2S/c1-9(2)11(12)10-4-5-13(8-10)6-7-14-3/h4-5,8-9,11H,6-7,12H2,1-3H3. The van der Waals surface area contributed by atoms with Crippen LogP contribution in [0.3, 0.4) is 0 Å². The molecule has 0 saturated carbocycles. The zero-order valence-electron chi connectivity index (χ0n) is 9.23. The van der Waals surface area contributed by atoms with E-state index in [0.717, 1.165) is 12.3 Å². The van der Waals surface area contributed by atoms with Gasteiger partial charge in [0, 0.05) is 30.7 Å². The van der Waals surface area contributed by atoms with E-state index < -0.39 is 0 Å². The van der Waals surface area contributed by atoms with Gasteiger partial charge in [0.05, 0.1) is 0 Å². The Kier molecular flexibility index (Phi) is 4.55. The van der Waals surface area contributed by atoms with E-state index in [9.17, 15) is 0 Å². The van der Waals surface area contributed by atoms with Crippen LogP contribution in [-0.4, -0.2) is 16.6 Å². The minimum Gasteiger partial charge on any atom is -0.353 e. The minimum absolute atomic E-state index is 0.172. The van der Waals surface area contributed by atoms with Crippen LogP contribution in [0, 0.1) is 5.92 Å². The molecule has 0 aliphatic heterocycles. The first-order valence-electron chi connectivity index (χ1n) is 5.05. The topological polar surface area (TPSA) is 30.9 Å². The van der Waals surface area contributed by atoms with Crippen LogP contribution in [0.15, 0.2) is 18.5 Å². The molecule has 1 rings (SSSR count). The van der Waals surface area contributed by atoms with E-state index in [0.29, 0.717) is 5.92 Å². The van der Waals surface area contributed by atoms with Crippen molar-refractivity contribution in [2.75, 3.05) is 12.0 Å². The number of aryl methyl sites for hydroxylation is 1. The number of hydrogen-bond acceptors (Lipinski definition) is 2. The van der Waals surface area contributed by atoms with Crippen molar-refractivity contribution in [2.24, 2.45) is 11.7 Å². The highest BCUT2D eigenvalue weighted by Crippen LogP contribution is 2.18. The maximum Gasteiger partial charge on any atom is 0.0333 e. The molecule has 0 amide bonds. The molecule has 0 aliphatic carbocycles. The summed E-state index contributed by atoms with van der Waals surface area (Å²) < 4.78 is 2.22. The molecule has 1 heterocycles. The summed E-state index contributed by atoms with van der Waals surface area (Å²) >= 11 is 1.87. The number of thioether (sulfide) groups is 1. The van der Waals surface area contributed by atoms with Crippen LogP contribution in [0.5, 0.6) is 0 Å². The van der Waals surface area contributed by atoms with Crippen molar-refractivity contribution >= 4 is 11.8 Å². The zero-order chi connectivity index (χ0) is 10.6. The van der Waals surface area contributed by atoms with E-state index in [1.807, 2.05) is 11.8 Å². The maximum absolute atomic E-state index is 6.06. The van der Waals surface area contributed by atoms with Crippen molar-refractivity contribution < 1.29 is 0 Å². The molecule has 0 aliphatic rings. The fourth-order valence-electron chi connectivity index (χ4n) is 1.38. The maximum atomic E-state index is 6.06. The molecule has 3 heteroatoms. The van der Waals surface area contributed by atoms with Crippen molar-refractivity contribution in [3.63, 3.8) is 0 Å². The number of rotatable bonds is 5. The fraction of sp³-hybridized carbons (Fsp3) is 0.636. The Morgan fingerprint density at radius 2 is 2.21 bits per heavy atom. The van der Waals surface area contributed by atoms with Crippen molar-refractivity contribution in [3.8, 4) is 0 Å². The van der Waals surface area contributed by atoms with Crippen LogP contribution in [0.4, 0.5) is 0 Å². The molecular formula is C11H20N2S. The quantitative estimate of drug-likeness (QED) is 0.813. The second-order valence-corrected chi connectivity index (χ2v) is 4.93. The molecule has 0 aromatic carbocycles. The Balaban J connectivity index is 2.58. The van der Waals surface area contributed by atoms with E-state index in [4.69, 9.17) is 5.73 Å². The lowest BCUT2D eigenvalue weighted by Crippen LogP contribution is -2.15. The first kappa shape index (κ1) is 11.7. The highest BCUT2D eigenvalue weighted by atomic mass is 32.2. The van der Waals surface area contributed by atoms with Gasteiger partial charge in [0.2, 0.25) is 0 Å². The number of nitrogens with zero attached hydrogens (tertiary/aromatic N) is 1. The third-order valence-electron chi connectivity index (χ3n) is 2.43. The Labute approximate surface area is 90.9 Å². The van der Waals surface area contributed by atoms with E-state index in [-0.39, 0.29) is 6.04 Å². The number of aromatic nitrogens is 1. The summed E-state index contributed by atoms with van der Waals surface area (Å²) in [4.78, 5) is 0. The molecule has 1 unspecified atom stereocenters. The molecule has 1 atom stereocenters. The Morgan fingerprint density at radius 3 is 2.79 bits per heavy atom. The Morgan fingerprint density at radius 1 is 1.50 bits per heavy atom. The molecule has 0 spiro atoms. The molecule has 1 aromatic heterocycles. The van der Waals surface area contributed by atoms with Crippen LogP contribution >= 0.6 is 11.8 Å². The summed E-state index contributed by atoms with van der Waals surface area (Å²) in [5, 5.41) is 0. The highest BCUT2D eigenvalue weighted by molar-refractivity contribution is 7.98. The normalized spacial score (nSPS) is 13.5. The second-order valence-electron chi connectivity index (χ2n) is 3.95. The fourth-order valence-corrected chi connectivity index (χ4v) is 1.77. The van der Waals surface area contributed by atoms with Gasteiger partial charge in [-0.2, -0.15) is 11.8 Å². The van der Waals surface area contributed by atoms with E-state index in [1.54, 1.807) is 0 Å². The molecule has 0 saturated heterocycles. The summed E-state index contributed by atoms with van der Waals surface area (Å²) in [6.45, 7) is 5.39. The molecule has 0 bridgehead atoms. The van der Waals surface area contributed by atoms with Gasteiger partial charge in [-0.15, -0.1) is 0 Å². The van der Waals surface area contributed by atoms with Crippen molar-refractivity contribution in [3.05, 3.63) is 24.0 Å². The van der Waals surface area contributed by atoms with Crippen LogP contribution in [0.1, 0.15) is 25.5 Å². The average Bonchev–Trinajstić information content (AvgIpc) is 2.61. The van der Waals surface area contributed by atoms with Gasteiger partial charge < -0.3 is 10.3 Å². The predicted octanol–water partition coefficient (Wildman–Crippen LogP) is 2.51. The lowest BCUT2D eigenvalue weighted by Gasteiger charge is -2.13. The first-order valence-corrected chi connectivity index (χ1v) is 6.44. The molecule has 1 aromatic rings. The Bertz CT molecular complexity index is 268.